The normalized spacial score (nSPS) is 13.5. The zero-order valence-corrected chi connectivity index (χ0v) is 13.2. The van der Waals surface area contributed by atoms with E-state index in [0.29, 0.717) is 11.3 Å². The minimum absolute atomic E-state index is 0.402. The first-order valence-electron chi connectivity index (χ1n) is 6.36. The molecule has 0 aliphatic rings. The van der Waals surface area contributed by atoms with Crippen molar-refractivity contribution in [2.45, 2.75) is 19.4 Å². The van der Waals surface area contributed by atoms with Gasteiger partial charge < -0.3 is 10.4 Å². The number of hydrogen-bond acceptors (Lipinski definition) is 2. The van der Waals surface area contributed by atoms with Gasteiger partial charge in [0.15, 0.2) is 5.54 Å². The Kier molecular flexibility index (Phi) is 4.32. The van der Waals surface area contributed by atoms with E-state index < -0.39 is 17.3 Å². The second kappa shape index (κ2) is 5.85. The topological polar surface area (TPSA) is 49.3 Å². The molecular weight excluding hydrogens is 337 g/mol. The van der Waals surface area contributed by atoms with Crippen LogP contribution in [-0.2, 0) is 10.3 Å². The van der Waals surface area contributed by atoms with Gasteiger partial charge in [-0.3, -0.25) is 0 Å². The standard InChI is InChI=1S/C16H15BrFNO2/c1-10-7-13(18)9-14(8-10)19-16(2,15(20)21)11-3-5-12(17)6-4-11/h3-9,19H,1-2H3,(H,20,21). The van der Waals surface area contributed by atoms with Gasteiger partial charge in [0, 0.05) is 10.2 Å². The van der Waals surface area contributed by atoms with Gasteiger partial charge in [0.25, 0.3) is 0 Å². The molecule has 110 valence electrons. The maximum atomic E-state index is 13.5. The summed E-state index contributed by atoms with van der Waals surface area (Å²) in [5, 5.41) is 12.5. The summed E-state index contributed by atoms with van der Waals surface area (Å²) < 4.78 is 14.3. The predicted octanol–water partition coefficient (Wildman–Crippen LogP) is 4.31. The third-order valence-corrected chi connectivity index (χ3v) is 3.81. The number of aliphatic carboxylic acids is 1. The highest BCUT2D eigenvalue weighted by Crippen LogP contribution is 2.28. The highest BCUT2D eigenvalue weighted by Gasteiger charge is 2.35. The molecule has 0 aliphatic heterocycles. The van der Waals surface area contributed by atoms with Crippen molar-refractivity contribution in [3.63, 3.8) is 0 Å². The Bertz CT molecular complexity index is 652. The van der Waals surface area contributed by atoms with Crippen LogP contribution in [0.5, 0.6) is 0 Å². The van der Waals surface area contributed by atoms with Gasteiger partial charge in [0.1, 0.15) is 5.82 Å². The molecule has 1 atom stereocenters. The average molecular weight is 352 g/mol. The van der Waals surface area contributed by atoms with Crippen molar-refractivity contribution in [1.29, 1.82) is 0 Å². The SMILES string of the molecule is Cc1cc(F)cc(NC(C)(C(=O)O)c2ccc(Br)cc2)c1. The lowest BCUT2D eigenvalue weighted by atomic mass is 9.91. The highest BCUT2D eigenvalue weighted by molar-refractivity contribution is 9.10. The Balaban J connectivity index is 2.43. The van der Waals surface area contributed by atoms with E-state index in [4.69, 9.17) is 0 Å². The number of halogens is 2. The predicted molar refractivity (Wildman–Crippen MR) is 83.9 cm³/mol. The van der Waals surface area contributed by atoms with Crippen LogP contribution in [0.25, 0.3) is 0 Å². The Morgan fingerprint density at radius 2 is 1.86 bits per heavy atom. The third kappa shape index (κ3) is 3.42. The lowest BCUT2D eigenvalue weighted by Gasteiger charge is -2.28. The second-order valence-electron chi connectivity index (χ2n) is 5.08. The smallest absolute Gasteiger partial charge is 0.333 e. The summed E-state index contributed by atoms with van der Waals surface area (Å²) in [6, 6.07) is 11.4. The zero-order valence-electron chi connectivity index (χ0n) is 11.7. The second-order valence-corrected chi connectivity index (χ2v) is 5.99. The fourth-order valence-electron chi connectivity index (χ4n) is 2.13. The van der Waals surface area contributed by atoms with Crippen molar-refractivity contribution in [2.24, 2.45) is 0 Å². The van der Waals surface area contributed by atoms with Crippen LogP contribution in [0, 0.1) is 12.7 Å². The van der Waals surface area contributed by atoms with Crippen molar-refractivity contribution in [1.82, 2.24) is 0 Å². The average Bonchev–Trinajstić information content (AvgIpc) is 2.37. The van der Waals surface area contributed by atoms with E-state index in [2.05, 4.69) is 21.2 Å². The summed E-state index contributed by atoms with van der Waals surface area (Å²) in [6.07, 6.45) is 0. The highest BCUT2D eigenvalue weighted by atomic mass is 79.9. The largest absolute Gasteiger partial charge is 0.479 e. The Morgan fingerprint density at radius 3 is 2.38 bits per heavy atom. The number of anilines is 1. The van der Waals surface area contributed by atoms with Gasteiger partial charge in [-0.05, 0) is 55.3 Å². The number of rotatable bonds is 4. The van der Waals surface area contributed by atoms with Gasteiger partial charge in [-0.1, -0.05) is 28.1 Å². The van der Waals surface area contributed by atoms with Gasteiger partial charge in [-0.15, -0.1) is 0 Å². The zero-order chi connectivity index (χ0) is 15.6. The molecule has 2 N–H and O–H groups in total. The summed E-state index contributed by atoms with van der Waals surface area (Å²) in [7, 11) is 0. The number of carboxylic acids is 1. The number of hydrogen-bond donors (Lipinski definition) is 2. The van der Waals surface area contributed by atoms with E-state index in [0.717, 1.165) is 10.0 Å². The van der Waals surface area contributed by atoms with Crippen molar-refractivity contribution >= 4 is 27.6 Å². The molecule has 0 amide bonds. The Hall–Kier alpha value is -1.88. The van der Waals surface area contributed by atoms with Crippen molar-refractivity contribution in [2.75, 3.05) is 5.32 Å². The molecule has 21 heavy (non-hydrogen) atoms. The maximum Gasteiger partial charge on any atom is 0.333 e. The first kappa shape index (κ1) is 15.5. The molecule has 5 heteroatoms. The molecule has 0 radical (unpaired) electrons. The molecule has 0 fully saturated rings. The van der Waals surface area contributed by atoms with Gasteiger partial charge in [0.05, 0.1) is 0 Å². The van der Waals surface area contributed by atoms with Crippen molar-refractivity contribution in [3.05, 3.63) is 63.9 Å². The third-order valence-electron chi connectivity index (χ3n) is 3.29. The summed E-state index contributed by atoms with van der Waals surface area (Å²) in [4.78, 5) is 11.7. The molecule has 0 aliphatic carbocycles. The van der Waals surface area contributed by atoms with E-state index in [1.807, 2.05) is 0 Å². The minimum Gasteiger partial charge on any atom is -0.479 e. The molecule has 0 spiro atoms. The monoisotopic (exact) mass is 351 g/mol. The summed E-state index contributed by atoms with van der Waals surface area (Å²) in [5.74, 6) is -1.44. The van der Waals surface area contributed by atoms with Crippen LogP contribution in [-0.4, -0.2) is 11.1 Å². The maximum absolute atomic E-state index is 13.5. The van der Waals surface area contributed by atoms with Crippen LogP contribution in [0.4, 0.5) is 10.1 Å². The Labute approximate surface area is 130 Å². The van der Waals surface area contributed by atoms with E-state index in [1.165, 1.54) is 12.1 Å². The van der Waals surface area contributed by atoms with Gasteiger partial charge >= 0.3 is 5.97 Å². The minimum atomic E-state index is -1.35. The molecule has 0 saturated carbocycles. The quantitative estimate of drug-likeness (QED) is 0.862. The Morgan fingerprint density at radius 1 is 1.24 bits per heavy atom. The van der Waals surface area contributed by atoms with E-state index in [9.17, 15) is 14.3 Å². The first-order valence-corrected chi connectivity index (χ1v) is 7.15. The van der Waals surface area contributed by atoms with Crippen LogP contribution in [0.2, 0.25) is 0 Å². The van der Waals surface area contributed by atoms with Crippen LogP contribution >= 0.6 is 15.9 Å². The number of benzene rings is 2. The van der Waals surface area contributed by atoms with Crippen LogP contribution < -0.4 is 5.32 Å². The summed E-state index contributed by atoms with van der Waals surface area (Å²) in [5.41, 5.74) is 0.391. The van der Waals surface area contributed by atoms with Crippen LogP contribution in [0.3, 0.4) is 0 Å². The van der Waals surface area contributed by atoms with E-state index in [-0.39, 0.29) is 0 Å². The van der Waals surface area contributed by atoms with E-state index in [1.54, 1.807) is 44.2 Å². The van der Waals surface area contributed by atoms with Crippen LogP contribution in [0.15, 0.2) is 46.9 Å². The molecule has 0 aromatic heterocycles. The number of carboxylic acid groups (broad SMARTS) is 1. The lowest BCUT2D eigenvalue weighted by Crippen LogP contribution is -2.40. The van der Waals surface area contributed by atoms with Crippen molar-refractivity contribution < 1.29 is 14.3 Å². The first-order chi connectivity index (χ1) is 9.81. The van der Waals surface area contributed by atoms with Crippen LogP contribution in [0.1, 0.15) is 18.1 Å². The van der Waals surface area contributed by atoms with Gasteiger partial charge in [-0.2, -0.15) is 0 Å². The van der Waals surface area contributed by atoms with Gasteiger partial charge in [-0.25, -0.2) is 9.18 Å². The molecule has 2 rings (SSSR count). The molecule has 2 aromatic rings. The van der Waals surface area contributed by atoms with Gasteiger partial charge in [0.2, 0.25) is 0 Å². The molecule has 1 unspecified atom stereocenters. The fraction of sp³-hybridized carbons (Fsp3) is 0.188. The van der Waals surface area contributed by atoms with E-state index >= 15 is 0 Å². The molecular formula is C16H15BrFNO2. The summed E-state index contributed by atoms with van der Waals surface area (Å²) >= 11 is 3.32. The van der Waals surface area contributed by atoms with Crippen molar-refractivity contribution in [3.8, 4) is 0 Å². The molecule has 0 bridgehead atoms. The number of carbonyl (C=O) groups is 1. The molecule has 2 aromatic carbocycles. The molecule has 0 heterocycles. The lowest BCUT2D eigenvalue weighted by molar-refractivity contribution is -0.142. The number of nitrogens with one attached hydrogen (secondary N) is 1. The fourth-order valence-corrected chi connectivity index (χ4v) is 2.39. The summed E-state index contributed by atoms with van der Waals surface area (Å²) in [6.45, 7) is 3.31. The molecule has 0 saturated heterocycles. The molecule has 3 nitrogen and oxygen atoms in total. The number of aryl methyl sites for hydroxylation is 1.